The third-order valence-corrected chi connectivity index (χ3v) is 3.56. The number of hydrogen-bond acceptors (Lipinski definition) is 4. The van der Waals surface area contributed by atoms with Crippen molar-refractivity contribution in [3.05, 3.63) is 23.0 Å². The van der Waals surface area contributed by atoms with E-state index < -0.39 is 5.60 Å². The maximum Gasteiger partial charge on any atom is 0.410 e. The zero-order valence-corrected chi connectivity index (χ0v) is 13.6. The molecule has 0 aliphatic carbocycles. The van der Waals surface area contributed by atoms with Crippen molar-refractivity contribution in [3.8, 4) is 0 Å². The van der Waals surface area contributed by atoms with Gasteiger partial charge in [0.15, 0.2) is 5.15 Å². The second-order valence-corrected chi connectivity index (χ2v) is 6.87. The van der Waals surface area contributed by atoms with Crippen LogP contribution in [-0.4, -0.2) is 39.9 Å². The fraction of sp³-hybridized carbons (Fsp3) is 0.667. The van der Waals surface area contributed by atoms with Crippen molar-refractivity contribution in [1.29, 1.82) is 0 Å². The normalized spacial score (nSPS) is 19.4. The lowest BCUT2D eigenvalue weighted by Gasteiger charge is -2.34. The molecular formula is C15H22ClN3O2. The van der Waals surface area contributed by atoms with Crippen LogP contribution in [0.2, 0.25) is 5.15 Å². The van der Waals surface area contributed by atoms with Gasteiger partial charge in [0.25, 0.3) is 0 Å². The van der Waals surface area contributed by atoms with Gasteiger partial charge in [-0.3, -0.25) is 0 Å². The molecule has 1 aliphatic heterocycles. The molecule has 1 atom stereocenters. The van der Waals surface area contributed by atoms with Crippen molar-refractivity contribution in [2.24, 2.45) is 5.92 Å². The average molecular weight is 312 g/mol. The van der Waals surface area contributed by atoms with Crippen LogP contribution in [0.25, 0.3) is 0 Å². The standard InChI is InChI=1S/C15H22ClN3O2/c1-15(2,3)21-14(20)19-8-4-5-11(10-19)9-12-6-7-13(16)18-17-12/h6-7,11H,4-5,8-10H2,1-3H3. The fourth-order valence-corrected chi connectivity index (χ4v) is 2.57. The molecule has 1 fully saturated rings. The van der Waals surface area contributed by atoms with Crippen LogP contribution in [0.5, 0.6) is 0 Å². The number of halogens is 1. The highest BCUT2D eigenvalue weighted by molar-refractivity contribution is 6.29. The summed E-state index contributed by atoms with van der Waals surface area (Å²) in [5.41, 5.74) is 0.460. The highest BCUT2D eigenvalue weighted by Crippen LogP contribution is 2.22. The molecule has 0 radical (unpaired) electrons. The maximum absolute atomic E-state index is 12.1. The second kappa shape index (κ2) is 6.60. The van der Waals surface area contributed by atoms with E-state index in [2.05, 4.69) is 10.2 Å². The Morgan fingerprint density at radius 1 is 1.43 bits per heavy atom. The smallest absolute Gasteiger partial charge is 0.410 e. The van der Waals surface area contributed by atoms with Crippen molar-refractivity contribution < 1.29 is 9.53 Å². The molecular weight excluding hydrogens is 290 g/mol. The Hall–Kier alpha value is -1.36. The Morgan fingerprint density at radius 3 is 2.81 bits per heavy atom. The lowest BCUT2D eigenvalue weighted by molar-refractivity contribution is 0.0165. The van der Waals surface area contributed by atoms with E-state index in [1.807, 2.05) is 26.8 Å². The zero-order chi connectivity index (χ0) is 15.5. The van der Waals surface area contributed by atoms with Gasteiger partial charge in [0.05, 0.1) is 5.69 Å². The molecule has 1 amide bonds. The van der Waals surface area contributed by atoms with Crippen LogP contribution in [0.3, 0.4) is 0 Å². The van der Waals surface area contributed by atoms with Gasteiger partial charge in [0.1, 0.15) is 5.60 Å². The third kappa shape index (κ3) is 5.16. The molecule has 0 saturated carbocycles. The van der Waals surface area contributed by atoms with Crippen LogP contribution in [0.4, 0.5) is 4.79 Å². The molecule has 0 bridgehead atoms. The maximum atomic E-state index is 12.1. The number of ether oxygens (including phenoxy) is 1. The molecule has 21 heavy (non-hydrogen) atoms. The lowest BCUT2D eigenvalue weighted by Crippen LogP contribution is -2.43. The van der Waals surface area contributed by atoms with Crippen molar-refractivity contribution >= 4 is 17.7 Å². The van der Waals surface area contributed by atoms with E-state index in [-0.39, 0.29) is 6.09 Å². The van der Waals surface area contributed by atoms with Crippen LogP contribution >= 0.6 is 11.6 Å². The molecule has 1 aliphatic rings. The van der Waals surface area contributed by atoms with Crippen LogP contribution in [0.1, 0.15) is 39.3 Å². The largest absolute Gasteiger partial charge is 0.444 e. The summed E-state index contributed by atoms with van der Waals surface area (Å²) in [6.45, 7) is 7.12. The number of rotatable bonds is 2. The molecule has 0 spiro atoms. The Balaban J connectivity index is 1.91. The highest BCUT2D eigenvalue weighted by atomic mass is 35.5. The van der Waals surface area contributed by atoms with Gasteiger partial charge in [-0.2, -0.15) is 5.10 Å². The molecule has 2 rings (SSSR count). The second-order valence-electron chi connectivity index (χ2n) is 6.49. The molecule has 0 aromatic carbocycles. The summed E-state index contributed by atoms with van der Waals surface area (Å²) in [5, 5.41) is 8.34. The number of piperidine rings is 1. The molecule has 1 saturated heterocycles. The first-order valence-electron chi connectivity index (χ1n) is 7.29. The van der Waals surface area contributed by atoms with Gasteiger partial charge in [-0.1, -0.05) is 11.6 Å². The zero-order valence-electron chi connectivity index (χ0n) is 12.8. The number of nitrogens with zero attached hydrogens (tertiary/aromatic N) is 3. The first-order valence-corrected chi connectivity index (χ1v) is 7.67. The van der Waals surface area contributed by atoms with Crippen LogP contribution in [0.15, 0.2) is 12.1 Å². The third-order valence-electron chi connectivity index (χ3n) is 3.36. The summed E-state index contributed by atoms with van der Waals surface area (Å²) in [4.78, 5) is 13.9. The van der Waals surface area contributed by atoms with E-state index in [0.717, 1.165) is 31.5 Å². The van der Waals surface area contributed by atoms with Gasteiger partial charge in [0, 0.05) is 13.1 Å². The first kappa shape index (κ1) is 16.0. The summed E-state index contributed by atoms with van der Waals surface area (Å²) >= 11 is 5.74. The summed E-state index contributed by atoms with van der Waals surface area (Å²) in [7, 11) is 0. The molecule has 116 valence electrons. The number of carbonyl (C=O) groups excluding carboxylic acids is 1. The van der Waals surface area contributed by atoms with Gasteiger partial charge >= 0.3 is 6.09 Å². The van der Waals surface area contributed by atoms with Gasteiger partial charge in [-0.15, -0.1) is 5.10 Å². The molecule has 2 heterocycles. The molecule has 5 nitrogen and oxygen atoms in total. The van der Waals surface area contributed by atoms with Crippen molar-refractivity contribution in [1.82, 2.24) is 15.1 Å². The number of likely N-dealkylation sites (tertiary alicyclic amines) is 1. The minimum absolute atomic E-state index is 0.227. The van der Waals surface area contributed by atoms with E-state index in [9.17, 15) is 4.79 Å². The van der Waals surface area contributed by atoms with Gasteiger partial charge in [-0.25, -0.2) is 4.79 Å². The summed E-state index contributed by atoms with van der Waals surface area (Å²) in [6, 6.07) is 3.64. The van der Waals surface area contributed by atoms with Crippen molar-refractivity contribution in [2.75, 3.05) is 13.1 Å². The van der Waals surface area contributed by atoms with Crippen LogP contribution in [0, 0.1) is 5.92 Å². The molecule has 1 aromatic rings. The van der Waals surface area contributed by atoms with Gasteiger partial charge in [-0.05, 0) is 58.1 Å². The summed E-state index contributed by atoms with van der Waals surface area (Å²) in [6.07, 6.45) is 2.66. The van der Waals surface area contributed by atoms with E-state index in [4.69, 9.17) is 16.3 Å². The summed E-state index contributed by atoms with van der Waals surface area (Å²) in [5.74, 6) is 0.391. The Kier molecular flexibility index (Phi) is 5.04. The molecule has 1 unspecified atom stereocenters. The predicted molar refractivity (Wildman–Crippen MR) is 81.3 cm³/mol. The Morgan fingerprint density at radius 2 is 2.19 bits per heavy atom. The molecule has 1 aromatic heterocycles. The van der Waals surface area contributed by atoms with E-state index >= 15 is 0 Å². The lowest BCUT2D eigenvalue weighted by atomic mass is 9.93. The highest BCUT2D eigenvalue weighted by Gasteiger charge is 2.27. The monoisotopic (exact) mass is 311 g/mol. The minimum atomic E-state index is -0.453. The van der Waals surface area contributed by atoms with E-state index in [1.54, 1.807) is 11.0 Å². The Bertz CT molecular complexity index is 485. The number of amides is 1. The SMILES string of the molecule is CC(C)(C)OC(=O)N1CCCC(Cc2ccc(Cl)nn2)C1. The number of carbonyl (C=O) groups is 1. The molecule has 6 heteroatoms. The van der Waals surface area contributed by atoms with Crippen molar-refractivity contribution in [3.63, 3.8) is 0 Å². The first-order chi connectivity index (χ1) is 9.83. The molecule has 0 N–H and O–H groups in total. The predicted octanol–water partition coefficient (Wildman–Crippen LogP) is 3.32. The van der Waals surface area contributed by atoms with Crippen molar-refractivity contribution in [2.45, 2.75) is 45.6 Å². The van der Waals surface area contributed by atoms with E-state index in [0.29, 0.717) is 17.6 Å². The number of aromatic nitrogens is 2. The van der Waals surface area contributed by atoms with Crippen LogP contribution < -0.4 is 0 Å². The number of hydrogen-bond donors (Lipinski definition) is 0. The van der Waals surface area contributed by atoms with Gasteiger partial charge in [0.2, 0.25) is 0 Å². The average Bonchev–Trinajstić information content (AvgIpc) is 2.40. The fourth-order valence-electron chi connectivity index (χ4n) is 2.47. The minimum Gasteiger partial charge on any atom is -0.444 e. The quantitative estimate of drug-likeness (QED) is 0.840. The van der Waals surface area contributed by atoms with Crippen LogP contribution in [-0.2, 0) is 11.2 Å². The Labute approximate surface area is 130 Å². The summed E-state index contributed by atoms with van der Waals surface area (Å²) < 4.78 is 5.43. The topological polar surface area (TPSA) is 55.3 Å². The van der Waals surface area contributed by atoms with E-state index in [1.165, 1.54) is 0 Å². The van der Waals surface area contributed by atoms with Gasteiger partial charge < -0.3 is 9.64 Å².